The number of rotatable bonds is 6. The molecular weight excluding hydrogens is 851 g/mol. The molecule has 5 heterocycles. The molecule has 15 aromatic rings. The van der Waals surface area contributed by atoms with Crippen LogP contribution in [0.1, 0.15) is 0 Å². The van der Waals surface area contributed by atoms with Crippen LogP contribution in [0.2, 0.25) is 0 Å². The fraction of sp³-hybridized carbons (Fsp3) is 0. The highest BCUT2D eigenvalue weighted by molar-refractivity contribution is 6.26. The van der Waals surface area contributed by atoms with E-state index in [1.54, 1.807) is 0 Å². The van der Waals surface area contributed by atoms with Gasteiger partial charge in [0.25, 0.3) is 0 Å². The smallest absolute Gasteiger partial charge is 0.0710 e. The molecule has 5 aromatic heterocycles. The number of hydrogen-bond donors (Lipinski definition) is 0. The summed E-state index contributed by atoms with van der Waals surface area (Å²) < 4.78 is 9.81. The van der Waals surface area contributed by atoms with E-state index in [-0.39, 0.29) is 0 Å². The van der Waals surface area contributed by atoms with Gasteiger partial charge in [0.05, 0.1) is 55.5 Å². The molecule has 0 spiro atoms. The van der Waals surface area contributed by atoms with Crippen LogP contribution in [-0.4, -0.2) is 23.3 Å². The third-order valence-corrected chi connectivity index (χ3v) is 14.5. The van der Waals surface area contributed by atoms with E-state index in [9.17, 15) is 0 Å². The van der Waals surface area contributed by atoms with E-state index in [2.05, 4.69) is 261 Å². The molecule has 326 valence electrons. The predicted molar refractivity (Wildman–Crippen MR) is 292 cm³/mol. The molecule has 0 fully saturated rings. The van der Waals surface area contributed by atoms with Crippen LogP contribution >= 0.6 is 0 Å². The minimum atomic E-state index is 0.946. The zero-order chi connectivity index (χ0) is 45.9. The molecule has 0 saturated carbocycles. The van der Waals surface area contributed by atoms with E-state index >= 15 is 0 Å². The van der Waals surface area contributed by atoms with E-state index < -0.39 is 0 Å². The minimum Gasteiger partial charge on any atom is -0.309 e. The summed E-state index contributed by atoms with van der Waals surface area (Å²) in [5.74, 6) is 0. The molecule has 0 aliphatic heterocycles. The van der Waals surface area contributed by atoms with Crippen molar-refractivity contribution in [2.24, 2.45) is 0 Å². The Morgan fingerprint density at radius 2 is 0.657 bits per heavy atom. The normalized spacial score (nSPS) is 12.0. The average molecular weight is 892 g/mol. The molecule has 0 aliphatic rings. The summed E-state index contributed by atoms with van der Waals surface area (Å²) in [4.78, 5) is 5.14. The summed E-state index contributed by atoms with van der Waals surface area (Å²) in [5, 5.41) is 9.82. The number of para-hydroxylation sites is 5. The molecule has 0 aliphatic carbocycles. The fourth-order valence-corrected chi connectivity index (χ4v) is 11.6. The summed E-state index contributed by atoms with van der Waals surface area (Å²) in [6.45, 7) is 0. The van der Waals surface area contributed by atoms with Gasteiger partial charge in [0.1, 0.15) is 0 Å². The van der Waals surface area contributed by atoms with Crippen LogP contribution in [0.15, 0.2) is 249 Å². The second-order valence-corrected chi connectivity index (χ2v) is 18.3. The molecule has 0 bridgehead atoms. The molecule has 70 heavy (non-hydrogen) atoms. The summed E-state index contributed by atoms with van der Waals surface area (Å²) in [5.41, 5.74) is 18.0. The van der Waals surface area contributed by atoms with E-state index in [4.69, 9.17) is 4.98 Å². The van der Waals surface area contributed by atoms with E-state index in [0.717, 1.165) is 56.3 Å². The molecule has 10 aromatic carbocycles. The lowest BCUT2D eigenvalue weighted by molar-refractivity contribution is 1.13. The lowest BCUT2D eigenvalue weighted by Crippen LogP contribution is -1.99. The Bertz CT molecular complexity index is 4590. The Morgan fingerprint density at radius 1 is 0.229 bits per heavy atom. The molecule has 5 heteroatoms. The zero-order valence-corrected chi connectivity index (χ0v) is 37.9. The van der Waals surface area contributed by atoms with Gasteiger partial charge in [-0.05, 0) is 97.1 Å². The second kappa shape index (κ2) is 15.0. The Hall–Kier alpha value is -9.45. The zero-order valence-electron chi connectivity index (χ0n) is 37.9. The highest BCUT2D eigenvalue weighted by Gasteiger charge is 2.23. The number of benzene rings is 10. The van der Waals surface area contributed by atoms with Gasteiger partial charge < -0.3 is 18.3 Å². The van der Waals surface area contributed by atoms with Gasteiger partial charge in [-0.1, -0.05) is 152 Å². The van der Waals surface area contributed by atoms with Crippen LogP contribution < -0.4 is 0 Å². The first-order valence-corrected chi connectivity index (χ1v) is 24.0. The van der Waals surface area contributed by atoms with Crippen LogP contribution in [-0.2, 0) is 0 Å². The summed E-state index contributed by atoms with van der Waals surface area (Å²) in [6.07, 6.45) is 0. The largest absolute Gasteiger partial charge is 0.309 e. The predicted octanol–water partition coefficient (Wildman–Crippen LogP) is 16.8. The molecule has 5 nitrogen and oxygen atoms in total. The number of fused-ring (bicyclic) bond motifs is 13. The van der Waals surface area contributed by atoms with Crippen LogP contribution in [0.25, 0.3) is 132 Å². The Balaban J connectivity index is 0.934. The van der Waals surface area contributed by atoms with Crippen molar-refractivity contribution in [1.82, 2.24) is 23.3 Å². The van der Waals surface area contributed by atoms with E-state index in [0.29, 0.717) is 0 Å². The summed E-state index contributed by atoms with van der Waals surface area (Å²) in [6, 6.07) is 90.2. The van der Waals surface area contributed by atoms with Crippen molar-refractivity contribution in [3.05, 3.63) is 249 Å². The topological polar surface area (TPSA) is 32.6 Å². The van der Waals surface area contributed by atoms with Crippen LogP contribution in [0.5, 0.6) is 0 Å². The van der Waals surface area contributed by atoms with E-state index in [1.165, 1.54) is 76.2 Å². The van der Waals surface area contributed by atoms with Gasteiger partial charge in [-0.25, -0.2) is 4.98 Å². The van der Waals surface area contributed by atoms with Gasteiger partial charge in [-0.2, -0.15) is 0 Å². The third-order valence-electron chi connectivity index (χ3n) is 14.5. The highest BCUT2D eigenvalue weighted by Crippen LogP contribution is 2.44. The summed E-state index contributed by atoms with van der Waals surface area (Å²) in [7, 11) is 0. The summed E-state index contributed by atoms with van der Waals surface area (Å²) >= 11 is 0. The van der Waals surface area contributed by atoms with Gasteiger partial charge in [0, 0.05) is 77.0 Å². The molecule has 0 radical (unpaired) electrons. The standard InChI is InChI=1S/C65H41N5/c1-3-18-42(19-4-1)55-30-17-31-56(66-55)43-20-15-23-45(38-43)68-57-32-11-8-27-49(57)53-41-63-54(40-62(53)68)50-28-9-12-33-58(50)69(63)47-25-16-24-46(39-47)67-60-35-14-10-29-52(60)64-61(67)37-36-51-48-26-7-13-34-59(48)70(65(51)64)44-21-5-2-6-22-44/h1-41H. The molecule has 0 N–H and O–H groups in total. The second-order valence-electron chi connectivity index (χ2n) is 18.3. The quantitative estimate of drug-likeness (QED) is 0.164. The Morgan fingerprint density at radius 3 is 1.29 bits per heavy atom. The van der Waals surface area contributed by atoms with Gasteiger partial charge >= 0.3 is 0 Å². The molecule has 0 saturated heterocycles. The van der Waals surface area contributed by atoms with Crippen molar-refractivity contribution in [1.29, 1.82) is 0 Å². The average Bonchev–Trinajstić information content (AvgIpc) is 4.15. The molecule has 0 amide bonds. The minimum absolute atomic E-state index is 0.946. The van der Waals surface area contributed by atoms with Gasteiger partial charge in [0.2, 0.25) is 0 Å². The molecule has 15 rings (SSSR count). The van der Waals surface area contributed by atoms with Crippen molar-refractivity contribution in [2.45, 2.75) is 0 Å². The van der Waals surface area contributed by atoms with Crippen LogP contribution in [0, 0.1) is 0 Å². The van der Waals surface area contributed by atoms with Crippen molar-refractivity contribution < 1.29 is 0 Å². The Labute approximate surface area is 402 Å². The first kappa shape index (κ1) is 38.6. The van der Waals surface area contributed by atoms with Crippen LogP contribution in [0.4, 0.5) is 0 Å². The maximum Gasteiger partial charge on any atom is 0.0710 e. The maximum atomic E-state index is 5.14. The lowest BCUT2D eigenvalue weighted by atomic mass is 10.1. The van der Waals surface area contributed by atoms with Crippen LogP contribution in [0.3, 0.4) is 0 Å². The number of pyridine rings is 1. The highest BCUT2D eigenvalue weighted by atomic mass is 15.0. The van der Waals surface area contributed by atoms with Crippen molar-refractivity contribution in [3.8, 4) is 45.3 Å². The molecule has 0 unspecified atom stereocenters. The SMILES string of the molecule is c1ccc(-c2cccc(-c3cccc(-n4c5ccccc5c5cc6c(cc54)c4ccccc4n6-c4cccc(-n5c6ccccc6c6c5ccc5c7ccccc7n(-c7ccccc7)c56)c4)c3)n2)cc1. The number of aromatic nitrogens is 5. The fourth-order valence-electron chi connectivity index (χ4n) is 11.6. The van der Waals surface area contributed by atoms with E-state index in [1.807, 2.05) is 6.07 Å². The number of hydrogen-bond acceptors (Lipinski definition) is 1. The van der Waals surface area contributed by atoms with Gasteiger partial charge in [-0.3, -0.25) is 0 Å². The van der Waals surface area contributed by atoms with Crippen molar-refractivity contribution >= 4 is 87.2 Å². The Kier molecular flexibility index (Phi) is 8.29. The molecule has 0 atom stereocenters. The van der Waals surface area contributed by atoms with Crippen molar-refractivity contribution in [2.75, 3.05) is 0 Å². The molecular formula is C65H41N5. The third kappa shape index (κ3) is 5.63. The number of nitrogens with zero attached hydrogens (tertiary/aromatic N) is 5. The van der Waals surface area contributed by atoms with Gasteiger partial charge in [-0.15, -0.1) is 0 Å². The van der Waals surface area contributed by atoms with Crippen molar-refractivity contribution in [3.63, 3.8) is 0 Å². The first-order valence-electron chi connectivity index (χ1n) is 24.0. The maximum absolute atomic E-state index is 5.14. The van der Waals surface area contributed by atoms with Gasteiger partial charge in [0.15, 0.2) is 0 Å². The first-order chi connectivity index (χ1) is 34.7. The monoisotopic (exact) mass is 891 g/mol. The lowest BCUT2D eigenvalue weighted by Gasteiger charge is -2.13.